The molecule has 6 heteroatoms. The predicted octanol–water partition coefficient (Wildman–Crippen LogP) is 14.8. The Hall–Kier alpha value is -5.64. The average Bonchev–Trinajstić information content (AvgIpc) is 3.78. The van der Waals surface area contributed by atoms with Crippen molar-refractivity contribution < 1.29 is 25.8 Å². The minimum absolute atomic E-state index is 0. The van der Waals surface area contributed by atoms with Gasteiger partial charge in [0.2, 0.25) is 0 Å². The first-order valence-corrected chi connectivity index (χ1v) is 21.0. The number of aromatic nitrogens is 2. The van der Waals surface area contributed by atoms with E-state index in [1.54, 1.807) is 0 Å². The van der Waals surface area contributed by atoms with Crippen LogP contribution < -0.4 is 14.5 Å². The molecule has 2 aromatic heterocycles. The van der Waals surface area contributed by atoms with Gasteiger partial charge in [0.25, 0.3) is 0 Å². The summed E-state index contributed by atoms with van der Waals surface area (Å²) in [5.41, 5.74) is 17.9. The van der Waals surface area contributed by atoms with Crippen molar-refractivity contribution in [3.63, 3.8) is 0 Å². The molecule has 0 unspecified atom stereocenters. The van der Waals surface area contributed by atoms with Crippen LogP contribution in [0.15, 0.2) is 115 Å². The summed E-state index contributed by atoms with van der Waals surface area (Å²) in [6, 6.07) is 45.9. The maximum atomic E-state index is 6.64. The van der Waals surface area contributed by atoms with Gasteiger partial charge in [-0.2, -0.15) is 12.1 Å². The Balaban J connectivity index is 0.00000514. The minimum Gasteiger partial charge on any atom is -0.509 e. The second kappa shape index (κ2) is 15.7. The molecule has 0 atom stereocenters. The molecular weight excluding hydrogens is 928 g/mol. The molecule has 5 nitrogen and oxygen atoms in total. The van der Waals surface area contributed by atoms with Gasteiger partial charge in [-0.1, -0.05) is 83.5 Å². The number of para-hydroxylation sites is 3. The summed E-state index contributed by atoms with van der Waals surface area (Å²) in [7, 11) is 0. The Morgan fingerprint density at radius 3 is 1.85 bits per heavy atom. The maximum Gasteiger partial charge on any atom is 0.136 e. The third-order valence-electron chi connectivity index (χ3n) is 12.6. The van der Waals surface area contributed by atoms with Crippen molar-refractivity contribution in [2.24, 2.45) is 0 Å². The van der Waals surface area contributed by atoms with E-state index in [0.717, 1.165) is 55.9 Å². The third-order valence-corrected chi connectivity index (χ3v) is 12.6. The van der Waals surface area contributed by atoms with Crippen molar-refractivity contribution in [2.45, 2.75) is 87.0 Å². The van der Waals surface area contributed by atoms with Crippen LogP contribution in [0.3, 0.4) is 0 Å². The molecular formula is C55H53N4OPt-3. The van der Waals surface area contributed by atoms with Gasteiger partial charge in [0.15, 0.2) is 0 Å². The number of pyridine rings is 1. The van der Waals surface area contributed by atoms with Gasteiger partial charge >= 0.3 is 0 Å². The van der Waals surface area contributed by atoms with Crippen LogP contribution >= 0.6 is 0 Å². The Bertz CT molecular complexity index is 2920. The van der Waals surface area contributed by atoms with Crippen LogP contribution in [0.25, 0.3) is 38.8 Å². The number of hydrogen-bond donors (Lipinski definition) is 0. The molecule has 1 aliphatic heterocycles. The number of anilines is 4. The van der Waals surface area contributed by atoms with E-state index < -0.39 is 0 Å². The van der Waals surface area contributed by atoms with E-state index in [1.807, 2.05) is 24.4 Å². The molecule has 61 heavy (non-hydrogen) atoms. The van der Waals surface area contributed by atoms with Gasteiger partial charge in [0.05, 0.1) is 0 Å². The van der Waals surface area contributed by atoms with Gasteiger partial charge in [-0.15, -0.1) is 48.1 Å². The van der Waals surface area contributed by atoms with E-state index in [2.05, 4.69) is 200 Å². The molecule has 8 aromatic rings. The van der Waals surface area contributed by atoms with E-state index >= 15 is 0 Å². The molecule has 9 rings (SSSR count). The van der Waals surface area contributed by atoms with Crippen molar-refractivity contribution in [1.82, 2.24) is 9.55 Å². The van der Waals surface area contributed by atoms with Gasteiger partial charge < -0.3 is 19.1 Å². The molecule has 0 saturated heterocycles. The fourth-order valence-electron chi connectivity index (χ4n) is 8.68. The summed E-state index contributed by atoms with van der Waals surface area (Å²) in [5.74, 6) is 2.05. The van der Waals surface area contributed by atoms with Crippen molar-refractivity contribution in [3.8, 4) is 28.4 Å². The van der Waals surface area contributed by atoms with Gasteiger partial charge in [0.1, 0.15) is 5.82 Å². The van der Waals surface area contributed by atoms with Crippen LogP contribution in [-0.2, 0) is 31.9 Å². The zero-order valence-corrected chi connectivity index (χ0v) is 39.3. The average molecular weight is 981 g/mol. The molecule has 0 fully saturated rings. The van der Waals surface area contributed by atoms with Gasteiger partial charge in [0, 0.05) is 61.3 Å². The molecule has 0 N–H and O–H groups in total. The number of fused-ring (bicyclic) bond motifs is 4. The fraction of sp³-hybridized carbons (Fsp3) is 0.236. The minimum atomic E-state index is 0. The van der Waals surface area contributed by atoms with Crippen LogP contribution in [0, 0.1) is 53.4 Å². The van der Waals surface area contributed by atoms with Crippen LogP contribution in [0.4, 0.5) is 22.7 Å². The fourth-order valence-corrected chi connectivity index (χ4v) is 8.68. The Morgan fingerprint density at radius 1 is 0.574 bits per heavy atom. The monoisotopic (exact) mass is 980 g/mol. The van der Waals surface area contributed by atoms with Gasteiger partial charge in [-0.3, -0.25) is 0 Å². The standard InChI is InChI=1S/C55H53N4O.Pt/c1-34-35(2)37(4)53(38(5)36(34)3)39-25-26-56-52(27-39)59-48-20-13-12-19-46(48)47-24-23-45(32-51(47)59)60-44-18-16-17-42(31-44)57-33-58(50-22-15-14-21-49(50)57)43-29-40(54(6,7)8)28-41(30-43)55(9,10)11;/h12-30,33H,1-11H3;/q-3;. The molecule has 6 aromatic carbocycles. The van der Waals surface area contributed by atoms with E-state index in [9.17, 15) is 0 Å². The molecule has 0 bridgehead atoms. The zero-order chi connectivity index (χ0) is 42.2. The molecule has 0 amide bonds. The maximum absolute atomic E-state index is 6.64. The first-order valence-electron chi connectivity index (χ1n) is 21.0. The van der Waals surface area contributed by atoms with Crippen LogP contribution in [0.5, 0.6) is 11.5 Å². The molecule has 312 valence electrons. The molecule has 0 saturated carbocycles. The van der Waals surface area contributed by atoms with Crippen molar-refractivity contribution in [2.75, 3.05) is 9.80 Å². The number of nitrogens with zero attached hydrogens (tertiary/aromatic N) is 4. The molecule has 0 aliphatic carbocycles. The van der Waals surface area contributed by atoms with Gasteiger partial charge in [-0.05, 0) is 143 Å². The summed E-state index contributed by atoms with van der Waals surface area (Å²) in [4.78, 5) is 9.46. The molecule has 3 heterocycles. The summed E-state index contributed by atoms with van der Waals surface area (Å²) >= 11 is 0. The number of benzene rings is 6. The largest absolute Gasteiger partial charge is 0.509 e. The van der Waals surface area contributed by atoms with Gasteiger partial charge in [-0.25, -0.2) is 4.98 Å². The quantitative estimate of drug-likeness (QED) is 0.156. The van der Waals surface area contributed by atoms with E-state index in [4.69, 9.17) is 9.72 Å². The zero-order valence-electron chi connectivity index (χ0n) is 37.1. The van der Waals surface area contributed by atoms with Crippen LogP contribution in [0.2, 0.25) is 0 Å². The topological polar surface area (TPSA) is 33.5 Å². The van der Waals surface area contributed by atoms with E-state index in [0.29, 0.717) is 11.5 Å². The Kier molecular flexibility index (Phi) is 10.8. The summed E-state index contributed by atoms with van der Waals surface area (Å²) in [6.07, 6.45) is 1.93. The smallest absolute Gasteiger partial charge is 0.136 e. The summed E-state index contributed by atoms with van der Waals surface area (Å²) < 4.78 is 8.85. The molecule has 1 aliphatic rings. The Labute approximate surface area is 376 Å². The second-order valence-corrected chi connectivity index (χ2v) is 18.5. The van der Waals surface area contributed by atoms with Crippen LogP contribution in [-0.4, -0.2) is 9.55 Å². The number of ether oxygens (including phenoxy) is 1. The molecule has 0 radical (unpaired) electrons. The first kappa shape index (κ1) is 42.1. The van der Waals surface area contributed by atoms with Crippen molar-refractivity contribution in [3.05, 3.63) is 173 Å². The van der Waals surface area contributed by atoms with E-state index in [-0.39, 0.29) is 31.9 Å². The number of rotatable bonds is 6. The van der Waals surface area contributed by atoms with Crippen LogP contribution in [0.1, 0.15) is 80.5 Å². The third kappa shape index (κ3) is 7.46. The summed E-state index contributed by atoms with van der Waals surface area (Å²) in [5, 5.41) is 2.23. The predicted molar refractivity (Wildman–Crippen MR) is 251 cm³/mol. The SMILES string of the molecule is Cc1c(C)c(C)c(-c2ccnc(-n3c4[c-]c(Oc5[c-]c(N6[CH-]N(c7cc(C(C)(C)C)cc(C(C)(C)C)c7)c7ccccc76)ccc5)ccc4c4ccccc43)c2)c(C)c1C.[Pt]. The van der Waals surface area contributed by atoms with Crippen molar-refractivity contribution >= 4 is 44.6 Å². The van der Waals surface area contributed by atoms with E-state index in [1.165, 1.54) is 44.5 Å². The molecule has 0 spiro atoms. The number of hydrogen-bond acceptors (Lipinski definition) is 4. The van der Waals surface area contributed by atoms with Crippen molar-refractivity contribution in [1.29, 1.82) is 0 Å². The Morgan fingerprint density at radius 2 is 1.18 bits per heavy atom. The second-order valence-electron chi connectivity index (χ2n) is 18.5. The normalized spacial score (nSPS) is 12.9. The first-order chi connectivity index (χ1) is 28.6. The summed E-state index contributed by atoms with van der Waals surface area (Å²) in [6.45, 7) is 27.0.